The molecule has 0 atom stereocenters. The minimum absolute atomic E-state index is 0.0214. The molecule has 3 rings (SSSR count). The molecule has 0 aliphatic rings. The van der Waals surface area contributed by atoms with E-state index in [1.807, 2.05) is 0 Å². The summed E-state index contributed by atoms with van der Waals surface area (Å²) in [4.78, 5) is 0. The average molecular weight is 273 g/mol. The van der Waals surface area contributed by atoms with E-state index in [1.54, 1.807) is 18.2 Å². The summed E-state index contributed by atoms with van der Waals surface area (Å²) in [5, 5.41) is 13.4. The molecule has 5 heteroatoms. The molecule has 2 aromatic carbocycles. The van der Waals surface area contributed by atoms with Crippen molar-refractivity contribution in [3.63, 3.8) is 0 Å². The van der Waals surface area contributed by atoms with Crippen molar-refractivity contribution in [2.75, 3.05) is 0 Å². The molecule has 0 aliphatic carbocycles. The van der Waals surface area contributed by atoms with Crippen LogP contribution in [0.15, 0.2) is 53.2 Å². The normalized spacial score (nSPS) is 10.7. The minimum atomic E-state index is -0.920. The quantitative estimate of drug-likeness (QED) is 0.767. The zero-order valence-corrected chi connectivity index (χ0v) is 10.2. The van der Waals surface area contributed by atoms with Gasteiger partial charge in [0.2, 0.25) is 0 Å². The Kier molecular flexibility index (Phi) is 2.95. The molecule has 1 aromatic heterocycles. The van der Waals surface area contributed by atoms with Gasteiger partial charge in [-0.2, -0.15) is 0 Å². The van der Waals surface area contributed by atoms with Gasteiger partial charge in [-0.1, -0.05) is 17.3 Å². The number of rotatable bonds is 2. The monoisotopic (exact) mass is 273 g/mol. The smallest absolute Gasteiger partial charge is 0.170 e. The van der Waals surface area contributed by atoms with Gasteiger partial charge in [-0.25, -0.2) is 8.78 Å². The maximum atomic E-state index is 13.3. The van der Waals surface area contributed by atoms with E-state index >= 15 is 0 Å². The number of benzene rings is 2. The molecule has 0 fully saturated rings. The first-order valence-corrected chi connectivity index (χ1v) is 5.84. The molecule has 0 saturated heterocycles. The van der Waals surface area contributed by atoms with Gasteiger partial charge in [-0.05, 0) is 35.4 Å². The zero-order chi connectivity index (χ0) is 14.1. The summed E-state index contributed by atoms with van der Waals surface area (Å²) in [5.41, 5.74) is 1.57. The summed E-state index contributed by atoms with van der Waals surface area (Å²) in [6.45, 7) is 0. The first-order chi connectivity index (χ1) is 9.65. The molecule has 0 amide bonds. The first-order valence-electron chi connectivity index (χ1n) is 5.84. The molecule has 1 heterocycles. The van der Waals surface area contributed by atoms with Crippen molar-refractivity contribution in [3.8, 4) is 28.2 Å². The van der Waals surface area contributed by atoms with Crippen LogP contribution in [0.1, 0.15) is 0 Å². The van der Waals surface area contributed by atoms with Crippen LogP contribution in [-0.2, 0) is 0 Å². The number of hydrogen-bond acceptors (Lipinski definition) is 3. The molecule has 20 heavy (non-hydrogen) atoms. The lowest BCUT2D eigenvalue weighted by atomic mass is 10.0. The van der Waals surface area contributed by atoms with E-state index in [0.717, 1.165) is 12.1 Å². The maximum absolute atomic E-state index is 13.3. The predicted octanol–water partition coefficient (Wildman–Crippen LogP) is 3.99. The van der Waals surface area contributed by atoms with E-state index in [2.05, 4.69) is 5.16 Å². The van der Waals surface area contributed by atoms with Gasteiger partial charge in [0.05, 0.1) is 11.8 Å². The molecule has 0 radical (unpaired) electrons. The Bertz CT molecular complexity index is 755. The number of aromatic hydroxyl groups is 1. The van der Waals surface area contributed by atoms with E-state index in [9.17, 15) is 13.9 Å². The zero-order valence-electron chi connectivity index (χ0n) is 10.2. The number of halogens is 2. The fraction of sp³-hybridized carbons (Fsp3) is 0. The highest BCUT2D eigenvalue weighted by Gasteiger charge is 2.11. The summed E-state index contributed by atoms with van der Waals surface area (Å²) in [6, 6.07) is 9.94. The van der Waals surface area contributed by atoms with Gasteiger partial charge in [0.1, 0.15) is 5.75 Å². The standard InChI is InChI=1S/C15H9F2NO2/c16-12-3-1-10(8-13(12)17)9-2-4-14(19)11(7-9)15-5-6-18-20-15/h1-8,19H. The van der Waals surface area contributed by atoms with Crippen LogP contribution >= 0.6 is 0 Å². The number of nitrogens with zero attached hydrogens (tertiary/aromatic N) is 1. The molecular weight excluding hydrogens is 264 g/mol. The van der Waals surface area contributed by atoms with Gasteiger partial charge in [0.25, 0.3) is 0 Å². The van der Waals surface area contributed by atoms with Crippen LogP contribution in [-0.4, -0.2) is 10.3 Å². The van der Waals surface area contributed by atoms with E-state index in [-0.39, 0.29) is 5.75 Å². The second kappa shape index (κ2) is 4.77. The van der Waals surface area contributed by atoms with Gasteiger partial charge in [-0.3, -0.25) is 0 Å². The highest BCUT2D eigenvalue weighted by molar-refractivity contribution is 5.74. The topological polar surface area (TPSA) is 46.3 Å². The van der Waals surface area contributed by atoms with Crippen LogP contribution in [0.5, 0.6) is 5.75 Å². The van der Waals surface area contributed by atoms with E-state index in [4.69, 9.17) is 4.52 Å². The van der Waals surface area contributed by atoms with Crippen molar-refractivity contribution in [2.24, 2.45) is 0 Å². The van der Waals surface area contributed by atoms with Gasteiger partial charge < -0.3 is 9.63 Å². The highest BCUT2D eigenvalue weighted by Crippen LogP contribution is 2.33. The Morgan fingerprint density at radius 3 is 2.35 bits per heavy atom. The van der Waals surface area contributed by atoms with Crippen LogP contribution in [0.25, 0.3) is 22.5 Å². The third kappa shape index (κ3) is 2.14. The molecule has 0 spiro atoms. The Hall–Kier alpha value is -2.69. The third-order valence-electron chi connectivity index (χ3n) is 2.95. The Morgan fingerprint density at radius 2 is 1.65 bits per heavy atom. The lowest BCUT2D eigenvalue weighted by Crippen LogP contribution is -1.86. The minimum Gasteiger partial charge on any atom is -0.507 e. The molecule has 1 N–H and O–H groups in total. The Labute approximate surface area is 113 Å². The van der Waals surface area contributed by atoms with Crippen molar-refractivity contribution < 1.29 is 18.4 Å². The number of aromatic nitrogens is 1. The molecule has 0 aliphatic heterocycles. The van der Waals surface area contributed by atoms with Gasteiger partial charge in [0.15, 0.2) is 17.4 Å². The van der Waals surface area contributed by atoms with Gasteiger partial charge in [0, 0.05) is 6.07 Å². The average Bonchev–Trinajstić information content (AvgIpc) is 2.96. The first kappa shape index (κ1) is 12.3. The van der Waals surface area contributed by atoms with Crippen LogP contribution in [0.2, 0.25) is 0 Å². The van der Waals surface area contributed by atoms with Gasteiger partial charge >= 0.3 is 0 Å². The molecule has 0 saturated carbocycles. The molecule has 3 nitrogen and oxygen atoms in total. The van der Waals surface area contributed by atoms with Crippen molar-refractivity contribution in [1.82, 2.24) is 5.16 Å². The summed E-state index contributed by atoms with van der Waals surface area (Å²) in [5.74, 6) is -1.40. The summed E-state index contributed by atoms with van der Waals surface area (Å²) in [7, 11) is 0. The van der Waals surface area contributed by atoms with Gasteiger partial charge in [-0.15, -0.1) is 0 Å². The molecular formula is C15H9F2NO2. The van der Waals surface area contributed by atoms with Crippen molar-refractivity contribution in [2.45, 2.75) is 0 Å². The highest BCUT2D eigenvalue weighted by atomic mass is 19.2. The SMILES string of the molecule is Oc1ccc(-c2ccc(F)c(F)c2)cc1-c1ccno1. The van der Waals surface area contributed by atoms with E-state index in [0.29, 0.717) is 22.5 Å². The van der Waals surface area contributed by atoms with E-state index in [1.165, 1.54) is 18.3 Å². The lowest BCUT2D eigenvalue weighted by Gasteiger charge is -2.06. The summed E-state index contributed by atoms with van der Waals surface area (Å²) in [6.07, 6.45) is 1.46. The number of phenolic OH excluding ortho intramolecular Hbond substituents is 1. The Morgan fingerprint density at radius 1 is 0.900 bits per heavy atom. The summed E-state index contributed by atoms with van der Waals surface area (Å²) >= 11 is 0. The molecule has 3 aromatic rings. The van der Waals surface area contributed by atoms with Crippen LogP contribution < -0.4 is 0 Å². The summed E-state index contributed by atoms with van der Waals surface area (Å²) < 4.78 is 31.2. The van der Waals surface area contributed by atoms with Crippen molar-refractivity contribution >= 4 is 0 Å². The second-order valence-electron chi connectivity index (χ2n) is 4.24. The maximum Gasteiger partial charge on any atom is 0.170 e. The van der Waals surface area contributed by atoms with Crippen LogP contribution in [0.4, 0.5) is 8.78 Å². The molecule has 0 unspecified atom stereocenters. The second-order valence-corrected chi connectivity index (χ2v) is 4.24. The molecule has 100 valence electrons. The lowest BCUT2D eigenvalue weighted by molar-refractivity contribution is 0.426. The Balaban J connectivity index is 2.11. The fourth-order valence-corrected chi connectivity index (χ4v) is 1.94. The number of hydrogen-bond donors (Lipinski definition) is 1. The fourth-order valence-electron chi connectivity index (χ4n) is 1.94. The number of phenols is 1. The van der Waals surface area contributed by atoms with E-state index < -0.39 is 11.6 Å². The van der Waals surface area contributed by atoms with Crippen LogP contribution in [0, 0.1) is 11.6 Å². The molecule has 0 bridgehead atoms. The van der Waals surface area contributed by atoms with Crippen molar-refractivity contribution in [1.29, 1.82) is 0 Å². The largest absolute Gasteiger partial charge is 0.507 e. The van der Waals surface area contributed by atoms with Crippen LogP contribution in [0.3, 0.4) is 0 Å². The van der Waals surface area contributed by atoms with Crippen molar-refractivity contribution in [3.05, 3.63) is 60.3 Å². The predicted molar refractivity (Wildman–Crippen MR) is 69.0 cm³/mol. The third-order valence-corrected chi connectivity index (χ3v) is 2.95.